The van der Waals surface area contributed by atoms with Crippen molar-refractivity contribution in [2.24, 2.45) is 0 Å². The number of nitrogens with zero attached hydrogens (tertiary/aromatic N) is 1. The van der Waals surface area contributed by atoms with Gasteiger partial charge in [-0.1, -0.05) is 12.1 Å². The van der Waals surface area contributed by atoms with E-state index in [1.54, 1.807) is 0 Å². The minimum Gasteiger partial charge on any atom is -0.361 e. The van der Waals surface area contributed by atoms with E-state index in [1.807, 2.05) is 6.20 Å². The first-order chi connectivity index (χ1) is 8.49. The zero-order chi connectivity index (χ0) is 13.2. The first-order valence-electron chi connectivity index (χ1n) is 6.43. The minimum atomic E-state index is 0.177. The summed E-state index contributed by atoms with van der Waals surface area (Å²) in [5.74, 6) is 0. The Morgan fingerprint density at radius 2 is 2.00 bits per heavy atom. The molecule has 0 aliphatic carbocycles. The van der Waals surface area contributed by atoms with Crippen molar-refractivity contribution in [3.8, 4) is 0 Å². The average molecular weight is 245 g/mol. The van der Waals surface area contributed by atoms with Crippen molar-refractivity contribution in [2.45, 2.75) is 25.9 Å². The van der Waals surface area contributed by atoms with E-state index in [9.17, 15) is 0 Å². The Kier molecular flexibility index (Phi) is 3.73. The zero-order valence-corrected chi connectivity index (χ0v) is 11.7. The molecular formula is C15H23N3. The van der Waals surface area contributed by atoms with Gasteiger partial charge >= 0.3 is 0 Å². The van der Waals surface area contributed by atoms with Gasteiger partial charge in [-0.2, -0.15) is 0 Å². The summed E-state index contributed by atoms with van der Waals surface area (Å²) in [7, 11) is 4.24. The molecule has 18 heavy (non-hydrogen) atoms. The Morgan fingerprint density at radius 3 is 2.72 bits per heavy atom. The Labute approximate surface area is 109 Å². The molecule has 0 atom stereocenters. The fraction of sp³-hybridized carbons (Fsp3) is 0.467. The summed E-state index contributed by atoms with van der Waals surface area (Å²) in [6.45, 7) is 6.37. The molecule has 2 rings (SSSR count). The van der Waals surface area contributed by atoms with Gasteiger partial charge in [0, 0.05) is 30.3 Å². The molecule has 3 heteroatoms. The second-order valence-corrected chi connectivity index (χ2v) is 5.71. The lowest BCUT2D eigenvalue weighted by Gasteiger charge is -2.32. The standard InChI is InChI=1S/C15H23N3/c1-15(2,18(3)4)11-16-10-12-5-6-13-7-8-17-14(13)9-12/h5-9,16-17H,10-11H2,1-4H3. The summed E-state index contributed by atoms with van der Waals surface area (Å²) < 4.78 is 0. The van der Waals surface area contributed by atoms with E-state index in [4.69, 9.17) is 0 Å². The highest BCUT2D eigenvalue weighted by atomic mass is 15.2. The van der Waals surface area contributed by atoms with Gasteiger partial charge in [-0.3, -0.25) is 0 Å². The van der Waals surface area contributed by atoms with Gasteiger partial charge in [0.2, 0.25) is 0 Å². The molecule has 0 aliphatic rings. The smallest absolute Gasteiger partial charge is 0.0457 e. The topological polar surface area (TPSA) is 31.1 Å². The number of rotatable bonds is 5. The molecule has 2 aromatic rings. The maximum absolute atomic E-state index is 3.52. The number of aromatic nitrogens is 1. The summed E-state index contributed by atoms with van der Waals surface area (Å²) in [6.07, 6.45) is 1.98. The summed E-state index contributed by atoms with van der Waals surface area (Å²) in [4.78, 5) is 5.49. The fourth-order valence-corrected chi connectivity index (χ4v) is 1.88. The average Bonchev–Trinajstić information content (AvgIpc) is 2.75. The first-order valence-corrected chi connectivity index (χ1v) is 6.43. The van der Waals surface area contributed by atoms with Crippen molar-refractivity contribution in [1.82, 2.24) is 15.2 Å². The van der Waals surface area contributed by atoms with Crippen LogP contribution in [-0.4, -0.2) is 36.1 Å². The zero-order valence-electron chi connectivity index (χ0n) is 11.7. The number of likely N-dealkylation sites (N-methyl/N-ethyl adjacent to an activating group) is 1. The number of hydrogen-bond acceptors (Lipinski definition) is 2. The van der Waals surface area contributed by atoms with E-state index in [0.717, 1.165) is 13.1 Å². The van der Waals surface area contributed by atoms with Crippen LogP contribution in [0, 0.1) is 0 Å². The van der Waals surface area contributed by atoms with Gasteiger partial charge < -0.3 is 15.2 Å². The van der Waals surface area contributed by atoms with E-state index in [-0.39, 0.29) is 5.54 Å². The van der Waals surface area contributed by atoms with E-state index in [1.165, 1.54) is 16.5 Å². The number of aromatic amines is 1. The second-order valence-electron chi connectivity index (χ2n) is 5.71. The number of H-pyrrole nitrogens is 1. The maximum Gasteiger partial charge on any atom is 0.0457 e. The van der Waals surface area contributed by atoms with Gasteiger partial charge in [0.15, 0.2) is 0 Å². The third kappa shape index (κ3) is 2.92. The Hall–Kier alpha value is -1.32. The van der Waals surface area contributed by atoms with Crippen molar-refractivity contribution in [3.05, 3.63) is 36.0 Å². The highest BCUT2D eigenvalue weighted by molar-refractivity contribution is 5.79. The van der Waals surface area contributed by atoms with E-state index in [2.05, 4.69) is 67.4 Å². The summed E-state index contributed by atoms with van der Waals surface area (Å²) >= 11 is 0. The molecule has 0 spiro atoms. The predicted molar refractivity (Wildman–Crippen MR) is 77.8 cm³/mol. The molecule has 0 unspecified atom stereocenters. The lowest BCUT2D eigenvalue weighted by atomic mass is 10.0. The van der Waals surface area contributed by atoms with Crippen LogP contribution < -0.4 is 5.32 Å². The third-order valence-corrected chi connectivity index (χ3v) is 3.72. The third-order valence-electron chi connectivity index (χ3n) is 3.72. The van der Waals surface area contributed by atoms with Crippen molar-refractivity contribution < 1.29 is 0 Å². The number of benzene rings is 1. The van der Waals surface area contributed by atoms with E-state index in [0.29, 0.717) is 0 Å². The predicted octanol–water partition coefficient (Wildman–Crippen LogP) is 2.60. The molecule has 0 saturated carbocycles. The monoisotopic (exact) mass is 245 g/mol. The van der Waals surface area contributed by atoms with Crippen LogP contribution in [0.25, 0.3) is 10.9 Å². The molecule has 0 aliphatic heterocycles. The largest absolute Gasteiger partial charge is 0.361 e. The maximum atomic E-state index is 3.52. The number of hydrogen-bond donors (Lipinski definition) is 2. The van der Waals surface area contributed by atoms with Crippen molar-refractivity contribution in [2.75, 3.05) is 20.6 Å². The van der Waals surface area contributed by atoms with Gasteiger partial charge in [-0.15, -0.1) is 0 Å². The molecule has 0 radical (unpaired) electrons. The molecule has 2 N–H and O–H groups in total. The highest BCUT2D eigenvalue weighted by Crippen LogP contribution is 2.14. The van der Waals surface area contributed by atoms with Crippen LogP contribution in [0.1, 0.15) is 19.4 Å². The highest BCUT2D eigenvalue weighted by Gasteiger charge is 2.19. The molecule has 98 valence electrons. The molecule has 1 aromatic heterocycles. The molecule has 0 saturated heterocycles. The van der Waals surface area contributed by atoms with Crippen LogP contribution in [0.4, 0.5) is 0 Å². The van der Waals surface area contributed by atoms with E-state index < -0.39 is 0 Å². The first kappa shape index (κ1) is 13.1. The van der Waals surface area contributed by atoms with E-state index >= 15 is 0 Å². The van der Waals surface area contributed by atoms with Crippen molar-refractivity contribution in [3.63, 3.8) is 0 Å². The second kappa shape index (κ2) is 5.12. The van der Waals surface area contributed by atoms with Gasteiger partial charge in [0.05, 0.1) is 0 Å². The van der Waals surface area contributed by atoms with Crippen LogP contribution in [0.5, 0.6) is 0 Å². The normalized spacial score (nSPS) is 12.5. The number of nitrogens with one attached hydrogen (secondary N) is 2. The lowest BCUT2D eigenvalue weighted by Crippen LogP contribution is -2.46. The number of fused-ring (bicyclic) bond motifs is 1. The molecule has 1 heterocycles. The van der Waals surface area contributed by atoms with Crippen LogP contribution in [0.15, 0.2) is 30.5 Å². The molecular weight excluding hydrogens is 222 g/mol. The molecule has 0 fully saturated rings. The van der Waals surface area contributed by atoms with Gasteiger partial charge in [-0.25, -0.2) is 0 Å². The van der Waals surface area contributed by atoms with Crippen LogP contribution >= 0.6 is 0 Å². The molecule has 3 nitrogen and oxygen atoms in total. The van der Waals surface area contributed by atoms with Crippen LogP contribution in [-0.2, 0) is 6.54 Å². The minimum absolute atomic E-state index is 0.177. The van der Waals surface area contributed by atoms with Gasteiger partial charge in [-0.05, 0) is 51.0 Å². The summed E-state index contributed by atoms with van der Waals surface area (Å²) in [6, 6.07) is 8.67. The molecule has 0 bridgehead atoms. The van der Waals surface area contributed by atoms with Gasteiger partial charge in [0.1, 0.15) is 0 Å². The van der Waals surface area contributed by atoms with Crippen molar-refractivity contribution >= 4 is 10.9 Å². The Morgan fingerprint density at radius 1 is 1.22 bits per heavy atom. The fourth-order valence-electron chi connectivity index (χ4n) is 1.88. The van der Waals surface area contributed by atoms with Crippen LogP contribution in [0.3, 0.4) is 0 Å². The quantitative estimate of drug-likeness (QED) is 0.848. The lowest BCUT2D eigenvalue weighted by molar-refractivity contribution is 0.190. The van der Waals surface area contributed by atoms with Crippen LogP contribution in [0.2, 0.25) is 0 Å². The summed E-state index contributed by atoms with van der Waals surface area (Å²) in [5, 5.41) is 4.80. The van der Waals surface area contributed by atoms with Crippen molar-refractivity contribution in [1.29, 1.82) is 0 Å². The Balaban J connectivity index is 1.94. The Bertz CT molecular complexity index is 511. The van der Waals surface area contributed by atoms with Gasteiger partial charge in [0.25, 0.3) is 0 Å². The molecule has 0 amide bonds. The molecule has 1 aromatic carbocycles. The summed E-state index contributed by atoms with van der Waals surface area (Å²) in [5.41, 5.74) is 2.71. The SMILES string of the molecule is CN(C)C(C)(C)CNCc1ccc2cc[nH]c2c1.